The van der Waals surface area contributed by atoms with Crippen molar-refractivity contribution in [3.8, 4) is 17.2 Å². The van der Waals surface area contributed by atoms with Gasteiger partial charge in [-0.05, 0) is 47.9 Å². The van der Waals surface area contributed by atoms with Crippen LogP contribution < -0.4 is 0 Å². The first kappa shape index (κ1) is 31.6. The van der Waals surface area contributed by atoms with Gasteiger partial charge in [0.2, 0.25) is 0 Å². The second-order valence-electron chi connectivity index (χ2n) is 9.97. The van der Waals surface area contributed by atoms with Gasteiger partial charge in [-0.25, -0.2) is 4.79 Å². The lowest BCUT2D eigenvalue weighted by Crippen LogP contribution is -2.62. The second-order valence-corrected chi connectivity index (χ2v) is 9.97. The summed E-state index contributed by atoms with van der Waals surface area (Å²) in [5.74, 6) is -1.64. The smallest absolute Gasteiger partial charge is 0.331 e. The van der Waals surface area contributed by atoms with E-state index in [9.17, 15) is 45.6 Å². The number of hydrogen-bond donors (Lipinski definition) is 8. The van der Waals surface area contributed by atoms with Gasteiger partial charge in [0.25, 0.3) is 0 Å². The summed E-state index contributed by atoms with van der Waals surface area (Å²) in [5, 5.41) is 79.8. The third-order valence-corrected chi connectivity index (χ3v) is 6.94. The number of ether oxygens (including phenoxy) is 5. The number of hydrogen-bond acceptors (Lipinski definition) is 14. The maximum atomic E-state index is 12.8. The number of rotatable bonds is 11. The molecule has 42 heavy (non-hydrogen) atoms. The number of aromatic hydroxyl groups is 3. The fraction of sp³-hybridized carbons (Fsp3) is 0.464. The van der Waals surface area contributed by atoms with E-state index in [0.717, 1.165) is 11.6 Å². The average molecular weight is 595 g/mol. The van der Waals surface area contributed by atoms with E-state index in [2.05, 4.69) is 0 Å². The van der Waals surface area contributed by atoms with Gasteiger partial charge >= 0.3 is 5.97 Å². The first-order valence-electron chi connectivity index (χ1n) is 13.1. The zero-order valence-electron chi connectivity index (χ0n) is 22.3. The number of esters is 1. The molecule has 4 rings (SSSR count). The summed E-state index contributed by atoms with van der Waals surface area (Å²) < 4.78 is 28.2. The molecule has 0 unspecified atom stereocenters. The molecular formula is C28H34O14. The van der Waals surface area contributed by atoms with Gasteiger partial charge in [0.1, 0.15) is 29.7 Å². The largest absolute Gasteiger partial charge is 0.508 e. The molecule has 0 spiro atoms. The lowest BCUT2D eigenvalue weighted by Gasteiger charge is -2.44. The first-order chi connectivity index (χ1) is 20.0. The Labute approximate surface area is 240 Å². The zero-order valence-corrected chi connectivity index (χ0v) is 22.3. The number of aliphatic hydroxyl groups excluding tert-OH is 4. The predicted octanol–water partition coefficient (Wildman–Crippen LogP) is -1.11. The Bertz CT molecular complexity index is 1220. The number of benzene rings is 2. The van der Waals surface area contributed by atoms with Crippen molar-refractivity contribution in [2.75, 3.05) is 26.4 Å². The zero-order chi connectivity index (χ0) is 30.4. The summed E-state index contributed by atoms with van der Waals surface area (Å²) in [6.45, 7) is -1.99. The van der Waals surface area contributed by atoms with Crippen LogP contribution in [0.25, 0.3) is 6.08 Å². The van der Waals surface area contributed by atoms with Crippen LogP contribution in [-0.4, -0.2) is 122 Å². The van der Waals surface area contributed by atoms with Gasteiger partial charge < -0.3 is 64.5 Å². The summed E-state index contributed by atoms with van der Waals surface area (Å²) >= 11 is 0. The molecule has 2 saturated heterocycles. The number of carbonyl (C=O) groups excluding carboxylic acids is 1. The van der Waals surface area contributed by atoms with Crippen molar-refractivity contribution in [3.05, 3.63) is 59.7 Å². The third-order valence-electron chi connectivity index (χ3n) is 6.94. The van der Waals surface area contributed by atoms with Crippen LogP contribution in [0.5, 0.6) is 17.2 Å². The van der Waals surface area contributed by atoms with E-state index in [4.69, 9.17) is 23.7 Å². The Morgan fingerprint density at radius 1 is 1.00 bits per heavy atom. The highest BCUT2D eigenvalue weighted by Gasteiger charge is 2.54. The minimum atomic E-state index is -2.04. The Morgan fingerprint density at radius 2 is 1.74 bits per heavy atom. The van der Waals surface area contributed by atoms with Crippen molar-refractivity contribution < 1.29 is 69.3 Å². The molecule has 0 bridgehead atoms. The lowest BCUT2D eigenvalue weighted by atomic mass is 9.97. The van der Waals surface area contributed by atoms with E-state index < -0.39 is 80.2 Å². The quantitative estimate of drug-likeness (QED) is 0.0878. The number of aliphatic hydroxyl groups is 5. The molecule has 8 atom stereocenters. The highest BCUT2D eigenvalue weighted by Crippen LogP contribution is 2.33. The number of phenolic OH excluding ortho intramolecular Hbond substituents is 3. The summed E-state index contributed by atoms with van der Waals surface area (Å²) in [6.07, 6.45) is -7.95. The first-order valence-corrected chi connectivity index (χ1v) is 13.1. The fourth-order valence-corrected chi connectivity index (χ4v) is 4.46. The van der Waals surface area contributed by atoms with E-state index in [0.29, 0.717) is 12.0 Å². The summed E-state index contributed by atoms with van der Waals surface area (Å²) in [5.41, 5.74) is -0.889. The Kier molecular flexibility index (Phi) is 10.4. The molecule has 0 aliphatic carbocycles. The predicted molar refractivity (Wildman–Crippen MR) is 141 cm³/mol. The van der Waals surface area contributed by atoms with Gasteiger partial charge in [-0.2, -0.15) is 0 Å². The molecule has 14 nitrogen and oxygen atoms in total. The topological polar surface area (TPSA) is 225 Å². The minimum Gasteiger partial charge on any atom is -0.508 e. The molecule has 0 radical (unpaired) electrons. The molecule has 0 saturated carbocycles. The maximum Gasteiger partial charge on any atom is 0.331 e. The van der Waals surface area contributed by atoms with Crippen LogP contribution in [0.15, 0.2) is 48.5 Å². The van der Waals surface area contributed by atoms with Crippen LogP contribution in [0.3, 0.4) is 0 Å². The Morgan fingerprint density at radius 3 is 2.38 bits per heavy atom. The monoisotopic (exact) mass is 594 g/mol. The van der Waals surface area contributed by atoms with E-state index >= 15 is 0 Å². The second kappa shape index (κ2) is 13.8. The van der Waals surface area contributed by atoms with Crippen LogP contribution in [0.1, 0.15) is 11.1 Å². The molecule has 230 valence electrons. The van der Waals surface area contributed by atoms with Crippen LogP contribution in [0.4, 0.5) is 0 Å². The van der Waals surface area contributed by atoms with Gasteiger partial charge in [0.15, 0.2) is 36.3 Å². The van der Waals surface area contributed by atoms with Crippen molar-refractivity contribution in [1.29, 1.82) is 0 Å². The van der Waals surface area contributed by atoms with Crippen molar-refractivity contribution in [3.63, 3.8) is 0 Å². The Hall–Kier alpha value is -3.31. The van der Waals surface area contributed by atoms with Gasteiger partial charge in [0, 0.05) is 6.08 Å². The van der Waals surface area contributed by atoms with E-state index in [-0.39, 0.29) is 18.1 Å². The molecule has 2 aliphatic heterocycles. The third kappa shape index (κ3) is 7.36. The average Bonchev–Trinajstić information content (AvgIpc) is 3.26. The molecule has 0 amide bonds. The van der Waals surface area contributed by atoms with Gasteiger partial charge in [-0.3, -0.25) is 0 Å². The van der Waals surface area contributed by atoms with Crippen LogP contribution in [-0.2, 0) is 34.9 Å². The van der Waals surface area contributed by atoms with E-state index in [1.54, 1.807) is 12.1 Å². The SMILES string of the molecule is O=C(/C=C/c1ccc(O)c(O)c1)O[C@@H]1[C@@H](O)[C@H](CO)O[C@H](OCCc2ccc(O)cc2)[C@H]1O[C@H]1OC[C@@](O)(CO)[C@@H]1O. The minimum absolute atomic E-state index is 0.0170. The highest BCUT2D eigenvalue weighted by atomic mass is 16.8. The number of phenols is 3. The molecule has 2 aliphatic rings. The summed E-state index contributed by atoms with van der Waals surface area (Å²) in [7, 11) is 0. The van der Waals surface area contributed by atoms with Crippen molar-refractivity contribution in [2.45, 2.75) is 55.1 Å². The molecule has 2 aromatic rings. The van der Waals surface area contributed by atoms with Crippen molar-refractivity contribution >= 4 is 12.0 Å². The highest BCUT2D eigenvalue weighted by molar-refractivity contribution is 5.87. The summed E-state index contributed by atoms with van der Waals surface area (Å²) in [4.78, 5) is 12.8. The van der Waals surface area contributed by atoms with Gasteiger partial charge in [0.05, 0.1) is 26.4 Å². The molecule has 2 aromatic carbocycles. The lowest BCUT2D eigenvalue weighted by molar-refractivity contribution is -0.336. The normalized spacial score (nSPS) is 31.4. The maximum absolute atomic E-state index is 12.8. The molecular weight excluding hydrogens is 560 g/mol. The van der Waals surface area contributed by atoms with Gasteiger partial charge in [-0.15, -0.1) is 0 Å². The Balaban J connectivity index is 1.54. The van der Waals surface area contributed by atoms with E-state index in [1.807, 2.05) is 0 Å². The molecule has 2 heterocycles. The van der Waals surface area contributed by atoms with Crippen LogP contribution in [0.2, 0.25) is 0 Å². The molecule has 14 heteroatoms. The van der Waals surface area contributed by atoms with Gasteiger partial charge in [-0.1, -0.05) is 18.2 Å². The van der Waals surface area contributed by atoms with E-state index in [1.165, 1.54) is 36.4 Å². The summed E-state index contributed by atoms with van der Waals surface area (Å²) in [6, 6.07) is 10.2. The molecule has 2 fully saturated rings. The molecule has 0 aromatic heterocycles. The van der Waals surface area contributed by atoms with Crippen molar-refractivity contribution in [1.82, 2.24) is 0 Å². The fourth-order valence-electron chi connectivity index (χ4n) is 4.46. The van der Waals surface area contributed by atoms with Crippen LogP contribution in [0, 0.1) is 0 Å². The van der Waals surface area contributed by atoms with Crippen LogP contribution >= 0.6 is 0 Å². The molecule has 8 N–H and O–H groups in total. The standard InChI is InChI=1S/C28H34O14/c29-12-20-22(35)23(41-21(34)8-4-16-3-7-18(32)19(33)11-16)24(42-27-25(36)28(37,13-30)14-39-27)26(40-20)38-10-9-15-1-5-17(31)6-2-15/h1-8,11,20,22-27,29-33,35-37H,9-10,12-14H2/b8-4+/t20-,22-,23+,24-,25+,26-,27+,28-/m0/s1. The van der Waals surface area contributed by atoms with Crippen molar-refractivity contribution in [2.24, 2.45) is 0 Å². The number of carbonyl (C=O) groups is 1.